The molecule has 0 aromatic rings. The van der Waals surface area contributed by atoms with Crippen LogP contribution in [0.4, 0.5) is 0 Å². The molecule has 1 rings (SSSR count). The van der Waals surface area contributed by atoms with E-state index in [1.807, 2.05) is 19.1 Å². The molecule has 4 nitrogen and oxygen atoms in total. The highest BCUT2D eigenvalue weighted by Crippen LogP contribution is 2.30. The molecule has 1 fully saturated rings. The van der Waals surface area contributed by atoms with Gasteiger partial charge in [-0.25, -0.2) is 0 Å². The fourth-order valence-electron chi connectivity index (χ4n) is 2.03. The Bertz CT molecular complexity index is 286. The van der Waals surface area contributed by atoms with E-state index < -0.39 is 5.97 Å². The minimum absolute atomic E-state index is 0.00764. The lowest BCUT2D eigenvalue weighted by Crippen LogP contribution is -2.30. The van der Waals surface area contributed by atoms with E-state index in [9.17, 15) is 9.59 Å². The number of hydrogen-bond donors (Lipinski definition) is 2. The van der Waals surface area contributed by atoms with Crippen LogP contribution >= 0.6 is 0 Å². The second-order valence-electron chi connectivity index (χ2n) is 4.19. The van der Waals surface area contributed by atoms with Gasteiger partial charge in [0.05, 0.1) is 5.92 Å². The van der Waals surface area contributed by atoms with Crippen molar-refractivity contribution in [2.24, 2.45) is 11.8 Å². The van der Waals surface area contributed by atoms with Crippen LogP contribution in [0.5, 0.6) is 0 Å². The highest BCUT2D eigenvalue weighted by molar-refractivity contribution is 5.80. The summed E-state index contributed by atoms with van der Waals surface area (Å²) >= 11 is 0. The molecule has 0 heterocycles. The topological polar surface area (TPSA) is 66.4 Å². The molecule has 0 aromatic carbocycles. The molecule has 0 saturated heterocycles. The van der Waals surface area contributed by atoms with Crippen LogP contribution in [0.3, 0.4) is 0 Å². The van der Waals surface area contributed by atoms with Crippen molar-refractivity contribution in [2.45, 2.75) is 32.6 Å². The summed E-state index contributed by atoms with van der Waals surface area (Å²) in [6.45, 7) is 2.58. The lowest BCUT2D eigenvalue weighted by atomic mass is 10.0. The first kappa shape index (κ1) is 12.7. The maximum Gasteiger partial charge on any atom is 0.306 e. The quantitative estimate of drug-likeness (QED) is 0.551. The Morgan fingerprint density at radius 3 is 2.62 bits per heavy atom. The number of carboxylic acids is 1. The SMILES string of the molecule is C/C=C/CCNC(=O)C1CCC(C(=O)O)C1. The van der Waals surface area contributed by atoms with Crippen LogP contribution in [0, 0.1) is 11.8 Å². The lowest BCUT2D eigenvalue weighted by molar-refractivity contribution is -0.141. The standard InChI is InChI=1S/C12H19NO3/c1-2-3-4-7-13-11(14)9-5-6-10(8-9)12(15)16/h2-3,9-10H,4-8H2,1H3,(H,13,14)(H,15,16)/b3-2+. The van der Waals surface area contributed by atoms with Crippen molar-refractivity contribution in [1.29, 1.82) is 0 Å². The van der Waals surface area contributed by atoms with Crippen LogP contribution in [0.1, 0.15) is 32.6 Å². The number of hydrogen-bond acceptors (Lipinski definition) is 2. The predicted octanol–water partition coefficient (Wildman–Crippen LogP) is 1.57. The van der Waals surface area contributed by atoms with E-state index in [4.69, 9.17) is 5.11 Å². The molecule has 1 saturated carbocycles. The molecule has 1 amide bonds. The van der Waals surface area contributed by atoms with Crippen molar-refractivity contribution in [3.63, 3.8) is 0 Å². The van der Waals surface area contributed by atoms with Gasteiger partial charge in [0.1, 0.15) is 0 Å². The first-order valence-corrected chi connectivity index (χ1v) is 5.76. The van der Waals surface area contributed by atoms with E-state index in [-0.39, 0.29) is 17.7 Å². The maximum atomic E-state index is 11.6. The van der Waals surface area contributed by atoms with Crippen LogP contribution in [0.15, 0.2) is 12.2 Å². The van der Waals surface area contributed by atoms with Crippen LogP contribution in [-0.2, 0) is 9.59 Å². The van der Waals surface area contributed by atoms with Gasteiger partial charge in [-0.1, -0.05) is 12.2 Å². The van der Waals surface area contributed by atoms with Gasteiger partial charge in [-0.15, -0.1) is 0 Å². The summed E-state index contributed by atoms with van der Waals surface area (Å²) in [6, 6.07) is 0. The Labute approximate surface area is 95.7 Å². The Hall–Kier alpha value is -1.32. The minimum atomic E-state index is -0.774. The van der Waals surface area contributed by atoms with E-state index >= 15 is 0 Å². The molecule has 0 bridgehead atoms. The molecule has 1 aliphatic carbocycles. The fraction of sp³-hybridized carbons (Fsp3) is 0.667. The predicted molar refractivity (Wildman–Crippen MR) is 60.9 cm³/mol. The molecule has 2 atom stereocenters. The third-order valence-electron chi connectivity index (χ3n) is 3.00. The zero-order valence-electron chi connectivity index (χ0n) is 9.61. The van der Waals surface area contributed by atoms with E-state index in [0.29, 0.717) is 25.8 Å². The smallest absolute Gasteiger partial charge is 0.306 e. The number of nitrogens with one attached hydrogen (secondary N) is 1. The number of amides is 1. The second kappa shape index (κ2) is 6.30. The van der Waals surface area contributed by atoms with Crippen LogP contribution < -0.4 is 5.32 Å². The van der Waals surface area contributed by atoms with Gasteiger partial charge < -0.3 is 10.4 Å². The second-order valence-corrected chi connectivity index (χ2v) is 4.19. The van der Waals surface area contributed by atoms with Gasteiger partial charge in [-0.3, -0.25) is 9.59 Å². The molecule has 1 aliphatic rings. The Balaban J connectivity index is 2.25. The van der Waals surface area contributed by atoms with Crippen LogP contribution in [0.2, 0.25) is 0 Å². The van der Waals surface area contributed by atoms with Gasteiger partial charge in [-0.05, 0) is 32.6 Å². The van der Waals surface area contributed by atoms with Gasteiger partial charge in [0.25, 0.3) is 0 Å². The van der Waals surface area contributed by atoms with E-state index in [2.05, 4.69) is 5.32 Å². The summed E-state index contributed by atoms with van der Waals surface area (Å²) in [4.78, 5) is 22.4. The monoisotopic (exact) mass is 225 g/mol. The number of aliphatic carboxylic acids is 1. The van der Waals surface area contributed by atoms with Gasteiger partial charge >= 0.3 is 5.97 Å². The zero-order chi connectivity index (χ0) is 12.0. The molecular weight excluding hydrogens is 206 g/mol. The van der Waals surface area contributed by atoms with Crippen molar-refractivity contribution in [1.82, 2.24) is 5.32 Å². The summed E-state index contributed by atoms with van der Waals surface area (Å²) in [5, 5.41) is 11.7. The summed E-state index contributed by atoms with van der Waals surface area (Å²) in [5.41, 5.74) is 0. The minimum Gasteiger partial charge on any atom is -0.481 e. The van der Waals surface area contributed by atoms with Crippen molar-refractivity contribution >= 4 is 11.9 Å². The first-order chi connectivity index (χ1) is 7.65. The molecule has 2 unspecified atom stereocenters. The number of carbonyl (C=O) groups is 2. The van der Waals surface area contributed by atoms with E-state index in [0.717, 1.165) is 6.42 Å². The molecule has 90 valence electrons. The fourth-order valence-corrected chi connectivity index (χ4v) is 2.03. The maximum absolute atomic E-state index is 11.6. The van der Waals surface area contributed by atoms with E-state index in [1.165, 1.54) is 0 Å². The molecular formula is C12H19NO3. The Morgan fingerprint density at radius 2 is 2.06 bits per heavy atom. The van der Waals surface area contributed by atoms with E-state index in [1.54, 1.807) is 0 Å². The highest BCUT2D eigenvalue weighted by atomic mass is 16.4. The van der Waals surface area contributed by atoms with Gasteiger partial charge in [0.15, 0.2) is 0 Å². The third kappa shape index (κ3) is 3.68. The largest absolute Gasteiger partial charge is 0.481 e. The molecule has 0 spiro atoms. The molecule has 0 radical (unpaired) electrons. The van der Waals surface area contributed by atoms with Crippen molar-refractivity contribution in [2.75, 3.05) is 6.54 Å². The summed E-state index contributed by atoms with van der Waals surface area (Å²) in [5.74, 6) is -1.20. The number of carbonyl (C=O) groups excluding carboxylic acids is 1. The molecule has 2 N–H and O–H groups in total. The first-order valence-electron chi connectivity index (χ1n) is 5.76. The highest BCUT2D eigenvalue weighted by Gasteiger charge is 2.33. The average molecular weight is 225 g/mol. The van der Waals surface area contributed by atoms with Gasteiger partial charge in [0, 0.05) is 12.5 Å². The van der Waals surface area contributed by atoms with Crippen LogP contribution in [0.25, 0.3) is 0 Å². The van der Waals surface area contributed by atoms with Crippen molar-refractivity contribution in [3.05, 3.63) is 12.2 Å². The van der Waals surface area contributed by atoms with Crippen molar-refractivity contribution in [3.8, 4) is 0 Å². The number of allylic oxidation sites excluding steroid dienone is 1. The number of carboxylic acid groups (broad SMARTS) is 1. The summed E-state index contributed by atoms with van der Waals surface area (Å²) in [7, 11) is 0. The molecule has 0 aliphatic heterocycles. The van der Waals surface area contributed by atoms with Crippen LogP contribution in [-0.4, -0.2) is 23.5 Å². The van der Waals surface area contributed by atoms with Gasteiger partial charge in [0.2, 0.25) is 5.91 Å². The Morgan fingerprint density at radius 1 is 1.38 bits per heavy atom. The number of rotatable bonds is 5. The van der Waals surface area contributed by atoms with Crippen molar-refractivity contribution < 1.29 is 14.7 Å². The van der Waals surface area contributed by atoms with Gasteiger partial charge in [-0.2, -0.15) is 0 Å². The molecule has 4 heteroatoms. The third-order valence-corrected chi connectivity index (χ3v) is 3.00. The zero-order valence-corrected chi connectivity index (χ0v) is 9.61. The molecule has 0 aromatic heterocycles. The summed E-state index contributed by atoms with van der Waals surface area (Å²) < 4.78 is 0. The lowest BCUT2D eigenvalue weighted by Gasteiger charge is -2.09. The molecule has 16 heavy (non-hydrogen) atoms. The average Bonchev–Trinajstić information content (AvgIpc) is 2.73. The normalized spacial score (nSPS) is 24.8. The Kier molecular flexibility index (Phi) is 5.02. The summed E-state index contributed by atoms with van der Waals surface area (Å²) in [6.07, 6.45) is 6.59.